The quantitative estimate of drug-likeness (QED) is 0.791. The predicted molar refractivity (Wildman–Crippen MR) is 78.2 cm³/mol. The van der Waals surface area contributed by atoms with E-state index in [9.17, 15) is 4.79 Å². The minimum absolute atomic E-state index is 0.162. The van der Waals surface area contributed by atoms with Crippen LogP contribution >= 0.6 is 0 Å². The van der Waals surface area contributed by atoms with Crippen molar-refractivity contribution in [2.75, 3.05) is 38.5 Å². The molecule has 4 nitrogen and oxygen atoms in total. The van der Waals surface area contributed by atoms with Gasteiger partial charge >= 0.3 is 0 Å². The van der Waals surface area contributed by atoms with Crippen molar-refractivity contribution in [3.05, 3.63) is 30.3 Å². The molecule has 0 aliphatic carbocycles. The number of benzene rings is 1. The van der Waals surface area contributed by atoms with E-state index >= 15 is 0 Å². The van der Waals surface area contributed by atoms with Crippen LogP contribution in [0.2, 0.25) is 0 Å². The van der Waals surface area contributed by atoms with Crippen LogP contribution in [-0.2, 0) is 4.79 Å². The van der Waals surface area contributed by atoms with Crippen molar-refractivity contribution in [1.29, 1.82) is 0 Å². The van der Waals surface area contributed by atoms with Crippen LogP contribution in [0.5, 0.6) is 0 Å². The summed E-state index contributed by atoms with van der Waals surface area (Å²) in [5.41, 5.74) is 1.09. The Morgan fingerprint density at radius 3 is 2.84 bits per heavy atom. The van der Waals surface area contributed by atoms with Gasteiger partial charge in [0.1, 0.15) is 0 Å². The smallest absolute Gasteiger partial charge is 0.224 e. The van der Waals surface area contributed by atoms with Gasteiger partial charge in [0.05, 0.1) is 5.92 Å². The van der Waals surface area contributed by atoms with Crippen molar-refractivity contribution < 1.29 is 4.79 Å². The number of anilines is 1. The Labute approximate surface area is 115 Å². The number of carbonyl (C=O) groups is 1. The zero-order valence-electron chi connectivity index (χ0n) is 11.6. The molecule has 1 unspecified atom stereocenters. The number of likely N-dealkylation sites (tertiary alicyclic amines) is 1. The minimum Gasteiger partial charge on any atom is -0.383 e. The Hall–Kier alpha value is -1.55. The van der Waals surface area contributed by atoms with E-state index in [1.165, 1.54) is 0 Å². The number of hydrogen-bond donors (Lipinski definition) is 2. The highest BCUT2D eigenvalue weighted by molar-refractivity contribution is 5.79. The third-order valence-corrected chi connectivity index (χ3v) is 3.52. The molecule has 2 N–H and O–H groups in total. The van der Waals surface area contributed by atoms with Crippen LogP contribution in [0.15, 0.2) is 30.3 Å². The molecule has 1 saturated heterocycles. The monoisotopic (exact) mass is 261 g/mol. The fourth-order valence-electron chi connectivity index (χ4n) is 2.47. The lowest BCUT2D eigenvalue weighted by molar-refractivity contribution is -0.126. The molecule has 0 bridgehead atoms. The molecule has 1 aromatic carbocycles. The average molecular weight is 261 g/mol. The highest BCUT2D eigenvalue weighted by Crippen LogP contribution is 2.14. The van der Waals surface area contributed by atoms with Crippen molar-refractivity contribution >= 4 is 11.6 Å². The van der Waals surface area contributed by atoms with Gasteiger partial charge in [0, 0.05) is 25.3 Å². The van der Waals surface area contributed by atoms with E-state index in [1.807, 2.05) is 30.3 Å². The SMILES string of the molecule is CN1CCCC(C(=O)NCCNc2ccccc2)C1. The van der Waals surface area contributed by atoms with E-state index in [1.54, 1.807) is 0 Å². The first-order chi connectivity index (χ1) is 9.25. The van der Waals surface area contributed by atoms with Crippen LogP contribution in [-0.4, -0.2) is 44.0 Å². The molecule has 1 aliphatic rings. The summed E-state index contributed by atoms with van der Waals surface area (Å²) in [6.07, 6.45) is 2.14. The number of piperidine rings is 1. The van der Waals surface area contributed by atoms with E-state index < -0.39 is 0 Å². The van der Waals surface area contributed by atoms with Gasteiger partial charge in [-0.05, 0) is 38.6 Å². The summed E-state index contributed by atoms with van der Waals surface area (Å²) in [6.45, 7) is 3.43. The maximum Gasteiger partial charge on any atom is 0.224 e. The highest BCUT2D eigenvalue weighted by Gasteiger charge is 2.23. The molecular formula is C15H23N3O. The van der Waals surface area contributed by atoms with E-state index in [0.29, 0.717) is 6.54 Å². The molecule has 1 aromatic rings. The Bertz CT molecular complexity index is 394. The van der Waals surface area contributed by atoms with Crippen molar-refractivity contribution in [3.8, 4) is 0 Å². The van der Waals surface area contributed by atoms with Gasteiger partial charge in [0.15, 0.2) is 0 Å². The molecule has 0 radical (unpaired) electrons. The summed E-state index contributed by atoms with van der Waals surface area (Å²) in [6, 6.07) is 10.0. The Morgan fingerprint density at radius 1 is 1.32 bits per heavy atom. The summed E-state index contributed by atoms with van der Waals surface area (Å²) in [4.78, 5) is 14.2. The largest absolute Gasteiger partial charge is 0.383 e. The van der Waals surface area contributed by atoms with Gasteiger partial charge in [-0.3, -0.25) is 4.79 Å². The number of nitrogens with zero attached hydrogens (tertiary/aromatic N) is 1. The second-order valence-electron chi connectivity index (χ2n) is 5.19. The number of hydrogen-bond acceptors (Lipinski definition) is 3. The Morgan fingerprint density at radius 2 is 2.11 bits per heavy atom. The number of amides is 1. The van der Waals surface area contributed by atoms with E-state index in [-0.39, 0.29) is 11.8 Å². The third kappa shape index (κ3) is 4.56. The van der Waals surface area contributed by atoms with Crippen molar-refractivity contribution in [3.63, 3.8) is 0 Å². The molecule has 1 atom stereocenters. The predicted octanol–water partition coefficient (Wildman–Crippen LogP) is 1.56. The third-order valence-electron chi connectivity index (χ3n) is 3.52. The topological polar surface area (TPSA) is 44.4 Å². The van der Waals surface area contributed by atoms with E-state index in [4.69, 9.17) is 0 Å². The molecule has 104 valence electrons. The fraction of sp³-hybridized carbons (Fsp3) is 0.533. The first-order valence-electron chi connectivity index (χ1n) is 7.01. The van der Waals surface area contributed by atoms with Crippen LogP contribution in [0.4, 0.5) is 5.69 Å². The lowest BCUT2D eigenvalue weighted by Gasteiger charge is -2.28. The summed E-state index contributed by atoms with van der Waals surface area (Å²) in [7, 11) is 2.08. The lowest BCUT2D eigenvalue weighted by atomic mass is 9.98. The van der Waals surface area contributed by atoms with Crippen molar-refractivity contribution in [1.82, 2.24) is 10.2 Å². The second kappa shape index (κ2) is 7.14. The van der Waals surface area contributed by atoms with Crippen LogP contribution < -0.4 is 10.6 Å². The van der Waals surface area contributed by atoms with Crippen LogP contribution in [0, 0.1) is 5.92 Å². The van der Waals surface area contributed by atoms with E-state index in [2.05, 4.69) is 22.6 Å². The maximum absolute atomic E-state index is 12.0. The highest BCUT2D eigenvalue weighted by atomic mass is 16.1. The Kier molecular flexibility index (Phi) is 5.21. The van der Waals surface area contributed by atoms with Crippen LogP contribution in [0.25, 0.3) is 0 Å². The molecule has 1 aliphatic heterocycles. The summed E-state index contributed by atoms with van der Waals surface area (Å²) >= 11 is 0. The van der Waals surface area contributed by atoms with Crippen LogP contribution in [0.3, 0.4) is 0 Å². The van der Waals surface area contributed by atoms with Gasteiger partial charge in [-0.15, -0.1) is 0 Å². The minimum atomic E-state index is 0.162. The normalized spacial score (nSPS) is 19.9. The van der Waals surface area contributed by atoms with E-state index in [0.717, 1.165) is 38.2 Å². The molecule has 0 aromatic heterocycles. The summed E-state index contributed by atoms with van der Waals surface area (Å²) in [5, 5.41) is 6.30. The van der Waals surface area contributed by atoms with Crippen LogP contribution in [0.1, 0.15) is 12.8 Å². The van der Waals surface area contributed by atoms with Gasteiger partial charge in [0.2, 0.25) is 5.91 Å². The summed E-state index contributed by atoms with van der Waals surface area (Å²) in [5.74, 6) is 0.358. The fourth-order valence-corrected chi connectivity index (χ4v) is 2.47. The second-order valence-corrected chi connectivity index (χ2v) is 5.19. The molecule has 1 heterocycles. The summed E-state index contributed by atoms with van der Waals surface area (Å²) < 4.78 is 0. The molecule has 0 saturated carbocycles. The Balaban J connectivity index is 1.64. The molecule has 1 fully saturated rings. The molecule has 4 heteroatoms. The van der Waals surface area contributed by atoms with Crippen molar-refractivity contribution in [2.24, 2.45) is 5.92 Å². The zero-order valence-corrected chi connectivity index (χ0v) is 11.6. The van der Waals surface area contributed by atoms with Crippen molar-refractivity contribution in [2.45, 2.75) is 12.8 Å². The molecule has 2 rings (SSSR count). The zero-order chi connectivity index (χ0) is 13.5. The van der Waals surface area contributed by atoms with Gasteiger partial charge < -0.3 is 15.5 Å². The molecule has 19 heavy (non-hydrogen) atoms. The number of para-hydroxylation sites is 1. The molecule has 0 spiro atoms. The number of nitrogens with one attached hydrogen (secondary N) is 2. The van der Waals surface area contributed by atoms with Gasteiger partial charge in [-0.1, -0.05) is 18.2 Å². The lowest BCUT2D eigenvalue weighted by Crippen LogP contribution is -2.42. The van der Waals surface area contributed by atoms with Gasteiger partial charge in [0.25, 0.3) is 0 Å². The standard InChI is InChI=1S/C15H23N3O/c1-18-11-5-6-13(12-18)15(19)17-10-9-16-14-7-3-2-4-8-14/h2-4,7-8,13,16H,5-6,9-12H2,1H3,(H,17,19). The first kappa shape index (κ1) is 13.9. The number of carbonyl (C=O) groups excluding carboxylic acids is 1. The first-order valence-corrected chi connectivity index (χ1v) is 7.01. The average Bonchev–Trinajstić information content (AvgIpc) is 2.44. The van der Waals surface area contributed by atoms with Gasteiger partial charge in [-0.2, -0.15) is 0 Å². The molecular weight excluding hydrogens is 238 g/mol. The number of rotatable bonds is 5. The van der Waals surface area contributed by atoms with Gasteiger partial charge in [-0.25, -0.2) is 0 Å². The maximum atomic E-state index is 12.0. The molecule has 1 amide bonds.